The molecule has 3 N–H and O–H groups in total. The molecule has 0 saturated carbocycles. The van der Waals surface area contributed by atoms with Crippen LogP contribution in [0.3, 0.4) is 0 Å². The molecule has 0 aliphatic rings. The third kappa shape index (κ3) is 3.33. The summed E-state index contributed by atoms with van der Waals surface area (Å²) in [5, 5.41) is 9.07. The Balaban J connectivity index is 2.83. The lowest BCUT2D eigenvalue weighted by Gasteiger charge is -2.28. The Morgan fingerprint density at radius 2 is 1.94 bits per heavy atom. The molecule has 0 fully saturated rings. The summed E-state index contributed by atoms with van der Waals surface area (Å²) >= 11 is 0. The zero-order valence-corrected chi connectivity index (χ0v) is 11.6. The molecule has 0 amide bonds. The molecule has 100 valence electrons. The number of rotatable bonds is 5. The number of hydrogen-bond donors (Lipinski definition) is 2. The van der Waals surface area contributed by atoms with E-state index in [4.69, 9.17) is 10.8 Å². The Bertz CT molecular complexity index is 426. The Morgan fingerprint density at radius 1 is 1.39 bits per heavy atom. The average Bonchev–Trinajstić information content (AvgIpc) is 2.28. The van der Waals surface area contributed by atoms with Crippen molar-refractivity contribution in [2.75, 3.05) is 0 Å². The van der Waals surface area contributed by atoms with Crippen molar-refractivity contribution in [3.63, 3.8) is 0 Å². The lowest BCUT2D eigenvalue weighted by atomic mass is 9.79. The molecule has 18 heavy (non-hydrogen) atoms. The summed E-state index contributed by atoms with van der Waals surface area (Å²) in [4.78, 5) is 11.1. The number of nitrogens with two attached hydrogens (primary N) is 1. The molecular weight excluding hydrogens is 226 g/mol. The van der Waals surface area contributed by atoms with Crippen molar-refractivity contribution in [2.45, 2.75) is 45.6 Å². The second-order valence-electron chi connectivity index (χ2n) is 5.55. The van der Waals surface area contributed by atoms with Crippen molar-refractivity contribution in [2.24, 2.45) is 11.7 Å². The Hall–Kier alpha value is -1.35. The summed E-state index contributed by atoms with van der Waals surface area (Å²) < 4.78 is 0. The molecule has 3 atom stereocenters. The average molecular weight is 249 g/mol. The molecular formula is C15H23NO2. The summed E-state index contributed by atoms with van der Waals surface area (Å²) in [6, 6.07) is 8.22. The maximum atomic E-state index is 11.1. The second kappa shape index (κ2) is 5.53. The summed E-state index contributed by atoms with van der Waals surface area (Å²) in [5.41, 5.74) is 7.17. The zero-order chi connectivity index (χ0) is 13.9. The molecule has 0 radical (unpaired) electrons. The monoisotopic (exact) mass is 249 g/mol. The van der Waals surface area contributed by atoms with Crippen molar-refractivity contribution < 1.29 is 9.90 Å². The van der Waals surface area contributed by atoms with E-state index in [0.717, 1.165) is 0 Å². The van der Waals surface area contributed by atoms with Crippen molar-refractivity contribution in [1.82, 2.24) is 0 Å². The number of benzene rings is 1. The summed E-state index contributed by atoms with van der Waals surface area (Å²) in [6.45, 7) is 7.85. The molecule has 3 nitrogen and oxygen atoms in total. The minimum Gasteiger partial charge on any atom is -0.480 e. The standard InChI is InChI=1S/C15H23NO2/c1-10-7-5-6-8-13(10)12(3)11(2)9-15(4,16)14(17)18/h5-8,11-12H,9,16H2,1-4H3,(H,17,18). The van der Waals surface area contributed by atoms with Crippen LogP contribution in [0.5, 0.6) is 0 Å². The number of carboxylic acid groups (broad SMARTS) is 1. The second-order valence-corrected chi connectivity index (χ2v) is 5.55. The van der Waals surface area contributed by atoms with E-state index in [9.17, 15) is 4.79 Å². The van der Waals surface area contributed by atoms with Gasteiger partial charge in [0.05, 0.1) is 0 Å². The van der Waals surface area contributed by atoms with Gasteiger partial charge in [0, 0.05) is 0 Å². The van der Waals surface area contributed by atoms with Gasteiger partial charge in [-0.3, -0.25) is 4.79 Å². The Kier molecular flexibility index (Phi) is 4.52. The molecule has 1 rings (SSSR count). The normalized spacial score (nSPS) is 17.8. The van der Waals surface area contributed by atoms with Gasteiger partial charge in [0.25, 0.3) is 0 Å². The first kappa shape index (κ1) is 14.7. The number of carbonyl (C=O) groups is 1. The van der Waals surface area contributed by atoms with Gasteiger partial charge in [-0.2, -0.15) is 0 Å². The van der Waals surface area contributed by atoms with Crippen LogP contribution in [0.1, 0.15) is 44.2 Å². The minimum absolute atomic E-state index is 0.220. The molecule has 3 heteroatoms. The largest absolute Gasteiger partial charge is 0.480 e. The van der Waals surface area contributed by atoms with Crippen LogP contribution in [0, 0.1) is 12.8 Å². The predicted octanol–water partition coefficient (Wildman–Crippen LogP) is 2.93. The quantitative estimate of drug-likeness (QED) is 0.843. The molecule has 1 aromatic rings. The fourth-order valence-corrected chi connectivity index (χ4v) is 2.34. The van der Waals surface area contributed by atoms with Gasteiger partial charge in [0.2, 0.25) is 0 Å². The fraction of sp³-hybridized carbons (Fsp3) is 0.533. The third-order valence-electron chi connectivity index (χ3n) is 3.77. The van der Waals surface area contributed by atoms with Crippen LogP contribution in [0.15, 0.2) is 24.3 Å². The van der Waals surface area contributed by atoms with Crippen molar-refractivity contribution in [3.05, 3.63) is 35.4 Å². The van der Waals surface area contributed by atoms with Crippen LogP contribution < -0.4 is 5.73 Å². The van der Waals surface area contributed by atoms with Crippen LogP contribution in [0.25, 0.3) is 0 Å². The number of carboxylic acids is 1. The summed E-state index contributed by atoms with van der Waals surface area (Å²) in [5.74, 6) is -0.419. The van der Waals surface area contributed by atoms with E-state index >= 15 is 0 Å². The maximum Gasteiger partial charge on any atom is 0.323 e. The highest BCUT2D eigenvalue weighted by molar-refractivity contribution is 5.77. The van der Waals surface area contributed by atoms with Crippen molar-refractivity contribution in [3.8, 4) is 0 Å². The van der Waals surface area contributed by atoms with E-state index in [0.29, 0.717) is 12.3 Å². The van der Waals surface area contributed by atoms with E-state index < -0.39 is 11.5 Å². The molecule has 0 heterocycles. The fourth-order valence-electron chi connectivity index (χ4n) is 2.34. The Morgan fingerprint density at radius 3 is 2.44 bits per heavy atom. The first-order valence-electron chi connectivity index (χ1n) is 6.33. The molecule has 0 aliphatic heterocycles. The van der Waals surface area contributed by atoms with Gasteiger partial charge in [-0.25, -0.2) is 0 Å². The van der Waals surface area contributed by atoms with E-state index in [1.807, 2.05) is 12.1 Å². The number of hydrogen-bond acceptors (Lipinski definition) is 2. The first-order valence-corrected chi connectivity index (χ1v) is 6.33. The van der Waals surface area contributed by atoms with Gasteiger partial charge >= 0.3 is 5.97 Å². The predicted molar refractivity (Wildman–Crippen MR) is 73.6 cm³/mol. The van der Waals surface area contributed by atoms with Crippen LogP contribution in [-0.4, -0.2) is 16.6 Å². The lowest BCUT2D eigenvalue weighted by molar-refractivity contribution is -0.143. The van der Waals surface area contributed by atoms with E-state index in [2.05, 4.69) is 32.9 Å². The SMILES string of the molecule is Cc1ccccc1C(C)C(C)CC(C)(N)C(=O)O. The van der Waals surface area contributed by atoms with Gasteiger partial charge in [-0.15, -0.1) is 0 Å². The smallest absolute Gasteiger partial charge is 0.323 e. The van der Waals surface area contributed by atoms with Crippen molar-refractivity contribution >= 4 is 5.97 Å². The number of aryl methyl sites for hydroxylation is 1. The van der Waals surface area contributed by atoms with Crippen LogP contribution in [0.4, 0.5) is 0 Å². The van der Waals surface area contributed by atoms with E-state index in [1.165, 1.54) is 11.1 Å². The molecule has 0 aromatic heterocycles. The summed E-state index contributed by atoms with van der Waals surface area (Å²) in [7, 11) is 0. The molecule has 0 spiro atoms. The molecule has 0 bridgehead atoms. The third-order valence-corrected chi connectivity index (χ3v) is 3.77. The van der Waals surface area contributed by atoms with Gasteiger partial charge < -0.3 is 10.8 Å². The number of aliphatic carboxylic acids is 1. The maximum absolute atomic E-state index is 11.1. The van der Waals surface area contributed by atoms with Gasteiger partial charge in [-0.05, 0) is 43.2 Å². The molecule has 1 aromatic carbocycles. The van der Waals surface area contributed by atoms with Gasteiger partial charge in [-0.1, -0.05) is 38.1 Å². The molecule has 3 unspecified atom stereocenters. The molecule has 0 saturated heterocycles. The lowest BCUT2D eigenvalue weighted by Crippen LogP contribution is -2.46. The van der Waals surface area contributed by atoms with Crippen LogP contribution in [-0.2, 0) is 4.79 Å². The van der Waals surface area contributed by atoms with Crippen molar-refractivity contribution in [1.29, 1.82) is 0 Å². The topological polar surface area (TPSA) is 63.3 Å². The van der Waals surface area contributed by atoms with Gasteiger partial charge in [0.1, 0.15) is 5.54 Å². The highest BCUT2D eigenvalue weighted by Gasteiger charge is 2.32. The summed E-state index contributed by atoms with van der Waals surface area (Å²) in [6.07, 6.45) is 0.470. The Labute approximate surface area is 109 Å². The minimum atomic E-state index is -1.16. The van der Waals surface area contributed by atoms with Crippen LogP contribution in [0.2, 0.25) is 0 Å². The van der Waals surface area contributed by atoms with E-state index in [1.54, 1.807) is 6.92 Å². The van der Waals surface area contributed by atoms with Gasteiger partial charge in [0.15, 0.2) is 0 Å². The van der Waals surface area contributed by atoms with E-state index in [-0.39, 0.29) is 5.92 Å². The highest BCUT2D eigenvalue weighted by atomic mass is 16.4. The first-order chi connectivity index (χ1) is 8.25. The highest BCUT2D eigenvalue weighted by Crippen LogP contribution is 2.31. The zero-order valence-electron chi connectivity index (χ0n) is 11.6. The van der Waals surface area contributed by atoms with Crippen LogP contribution >= 0.6 is 0 Å². The molecule has 0 aliphatic carbocycles.